The van der Waals surface area contributed by atoms with Crippen molar-refractivity contribution in [1.82, 2.24) is 10.3 Å². The minimum absolute atomic E-state index is 0.192. The molecule has 2 heterocycles. The molecule has 0 spiro atoms. The molecule has 0 saturated heterocycles. The Labute approximate surface area is 151 Å². The molecular weight excluding hydrogens is 338 g/mol. The van der Waals surface area contributed by atoms with Crippen LogP contribution in [0.25, 0.3) is 0 Å². The van der Waals surface area contributed by atoms with Crippen molar-refractivity contribution in [2.75, 3.05) is 11.9 Å². The highest BCUT2D eigenvalue weighted by Gasteiger charge is 2.07. The normalized spacial score (nSPS) is 10.4. The number of carbonyl (C=O) groups excluding carboxylic acids is 1. The first-order valence-corrected chi connectivity index (χ1v) is 8.32. The van der Waals surface area contributed by atoms with Gasteiger partial charge >= 0.3 is 0 Å². The van der Waals surface area contributed by atoms with E-state index in [1.807, 2.05) is 30.3 Å². The molecule has 128 valence electrons. The molecule has 0 saturated carbocycles. The third kappa shape index (κ3) is 5.09. The van der Waals surface area contributed by atoms with Crippen molar-refractivity contribution < 1.29 is 9.21 Å². The number of furan rings is 1. The molecule has 0 bridgehead atoms. The number of anilines is 1. The van der Waals surface area contributed by atoms with Crippen molar-refractivity contribution in [1.29, 1.82) is 0 Å². The number of aromatic nitrogens is 1. The average molecular weight is 356 g/mol. The number of carbonyl (C=O) groups is 1. The van der Waals surface area contributed by atoms with Gasteiger partial charge in [-0.3, -0.25) is 9.78 Å². The first-order chi connectivity index (χ1) is 12.2. The first-order valence-electron chi connectivity index (χ1n) is 7.94. The molecule has 1 aromatic carbocycles. The Kier molecular flexibility index (Phi) is 5.69. The zero-order valence-electron chi connectivity index (χ0n) is 13.5. The van der Waals surface area contributed by atoms with Gasteiger partial charge in [0.15, 0.2) is 0 Å². The van der Waals surface area contributed by atoms with Gasteiger partial charge in [0.1, 0.15) is 5.76 Å². The maximum atomic E-state index is 12.2. The Morgan fingerprint density at radius 1 is 1.16 bits per heavy atom. The third-order valence-corrected chi connectivity index (χ3v) is 3.87. The summed E-state index contributed by atoms with van der Waals surface area (Å²) in [7, 11) is 0. The Balaban J connectivity index is 1.52. The van der Waals surface area contributed by atoms with E-state index in [-0.39, 0.29) is 5.91 Å². The highest BCUT2D eigenvalue weighted by Crippen LogP contribution is 2.12. The van der Waals surface area contributed by atoms with Crippen LogP contribution in [0.15, 0.2) is 65.5 Å². The second-order valence-electron chi connectivity index (χ2n) is 5.53. The van der Waals surface area contributed by atoms with Gasteiger partial charge in [0.25, 0.3) is 5.91 Å². The summed E-state index contributed by atoms with van der Waals surface area (Å²) in [4.78, 5) is 16.3. The van der Waals surface area contributed by atoms with Crippen LogP contribution in [0.3, 0.4) is 0 Å². The Morgan fingerprint density at radius 3 is 2.88 bits per heavy atom. The molecule has 0 aliphatic heterocycles. The van der Waals surface area contributed by atoms with Crippen molar-refractivity contribution in [2.45, 2.75) is 13.0 Å². The van der Waals surface area contributed by atoms with Crippen LogP contribution < -0.4 is 10.6 Å². The number of nitrogens with zero attached hydrogens (tertiary/aromatic N) is 1. The van der Waals surface area contributed by atoms with Gasteiger partial charge in [-0.15, -0.1) is 0 Å². The van der Waals surface area contributed by atoms with Crippen LogP contribution in [0.5, 0.6) is 0 Å². The molecule has 3 aromatic rings. The van der Waals surface area contributed by atoms with Crippen molar-refractivity contribution in [3.8, 4) is 0 Å². The van der Waals surface area contributed by atoms with E-state index in [0.29, 0.717) is 17.9 Å². The van der Waals surface area contributed by atoms with Gasteiger partial charge < -0.3 is 15.1 Å². The standard InChI is InChI=1S/C19H18ClN3O2/c20-16-4-1-3-14(9-16)6-7-22-17-10-15(11-21-12-17)19(24)23-13-18-5-2-8-25-18/h1-5,8-12,22H,6-7,13H2,(H,23,24). The molecule has 2 N–H and O–H groups in total. The van der Waals surface area contributed by atoms with Gasteiger partial charge in [-0.2, -0.15) is 0 Å². The number of hydrogen-bond donors (Lipinski definition) is 2. The van der Waals surface area contributed by atoms with E-state index in [1.165, 1.54) is 0 Å². The van der Waals surface area contributed by atoms with E-state index < -0.39 is 0 Å². The minimum Gasteiger partial charge on any atom is -0.467 e. The van der Waals surface area contributed by atoms with Gasteiger partial charge in [0.2, 0.25) is 0 Å². The van der Waals surface area contributed by atoms with Crippen molar-refractivity contribution >= 4 is 23.2 Å². The summed E-state index contributed by atoms with van der Waals surface area (Å²) in [6.45, 7) is 1.07. The Morgan fingerprint density at radius 2 is 2.08 bits per heavy atom. The number of pyridine rings is 1. The number of rotatable bonds is 7. The van der Waals surface area contributed by atoms with E-state index in [1.54, 1.807) is 30.8 Å². The molecule has 0 radical (unpaired) electrons. The predicted molar refractivity (Wildman–Crippen MR) is 97.8 cm³/mol. The predicted octanol–water partition coefficient (Wildman–Crippen LogP) is 3.91. The largest absolute Gasteiger partial charge is 0.467 e. The Bertz CT molecular complexity index is 834. The van der Waals surface area contributed by atoms with Gasteiger partial charge in [-0.1, -0.05) is 23.7 Å². The molecule has 6 heteroatoms. The maximum Gasteiger partial charge on any atom is 0.253 e. The van der Waals surface area contributed by atoms with Crippen LogP contribution in [-0.4, -0.2) is 17.4 Å². The first kappa shape index (κ1) is 17.0. The molecule has 5 nitrogen and oxygen atoms in total. The van der Waals surface area contributed by atoms with Gasteiger partial charge in [0, 0.05) is 24.0 Å². The molecule has 0 atom stereocenters. The lowest BCUT2D eigenvalue weighted by atomic mass is 10.1. The van der Waals surface area contributed by atoms with Crippen LogP contribution in [-0.2, 0) is 13.0 Å². The minimum atomic E-state index is -0.192. The van der Waals surface area contributed by atoms with Gasteiger partial charge in [-0.25, -0.2) is 0 Å². The molecule has 0 aliphatic rings. The summed E-state index contributed by atoms with van der Waals surface area (Å²) < 4.78 is 5.19. The van der Waals surface area contributed by atoms with Crippen LogP contribution in [0.2, 0.25) is 5.02 Å². The molecule has 1 amide bonds. The molecule has 2 aromatic heterocycles. The molecule has 0 aliphatic carbocycles. The third-order valence-electron chi connectivity index (χ3n) is 3.64. The van der Waals surface area contributed by atoms with Crippen LogP contribution in [0.1, 0.15) is 21.7 Å². The van der Waals surface area contributed by atoms with E-state index in [9.17, 15) is 4.79 Å². The molecule has 25 heavy (non-hydrogen) atoms. The summed E-state index contributed by atoms with van der Waals surface area (Å²) in [6.07, 6.45) is 5.64. The topological polar surface area (TPSA) is 67.2 Å². The van der Waals surface area contributed by atoms with Crippen LogP contribution >= 0.6 is 11.6 Å². The van der Waals surface area contributed by atoms with E-state index in [4.69, 9.17) is 16.0 Å². The fourth-order valence-electron chi connectivity index (χ4n) is 2.39. The summed E-state index contributed by atoms with van der Waals surface area (Å²) in [6, 6.07) is 13.1. The molecule has 0 unspecified atom stereocenters. The number of amides is 1. The van der Waals surface area contributed by atoms with Crippen molar-refractivity contribution in [3.63, 3.8) is 0 Å². The van der Waals surface area contributed by atoms with E-state index in [0.717, 1.165) is 29.2 Å². The number of nitrogens with one attached hydrogen (secondary N) is 2. The summed E-state index contributed by atoms with van der Waals surface area (Å²) in [5.74, 6) is 0.513. The number of halogens is 1. The summed E-state index contributed by atoms with van der Waals surface area (Å²) >= 11 is 5.98. The lowest BCUT2D eigenvalue weighted by Gasteiger charge is -2.08. The van der Waals surface area contributed by atoms with Crippen LogP contribution in [0.4, 0.5) is 5.69 Å². The average Bonchev–Trinajstić information content (AvgIpc) is 3.14. The van der Waals surface area contributed by atoms with E-state index in [2.05, 4.69) is 15.6 Å². The monoisotopic (exact) mass is 355 g/mol. The summed E-state index contributed by atoms with van der Waals surface area (Å²) in [5.41, 5.74) is 2.45. The molecule has 3 rings (SSSR count). The SMILES string of the molecule is O=C(NCc1ccco1)c1cncc(NCCc2cccc(Cl)c2)c1. The highest BCUT2D eigenvalue weighted by molar-refractivity contribution is 6.30. The molecule has 0 fully saturated rings. The zero-order valence-corrected chi connectivity index (χ0v) is 14.3. The quantitative estimate of drug-likeness (QED) is 0.674. The maximum absolute atomic E-state index is 12.2. The van der Waals surface area contributed by atoms with Gasteiger partial charge in [0.05, 0.1) is 24.1 Å². The summed E-state index contributed by atoms with van der Waals surface area (Å²) in [5, 5.41) is 6.81. The highest BCUT2D eigenvalue weighted by atomic mass is 35.5. The zero-order chi connectivity index (χ0) is 17.5. The Hall–Kier alpha value is -2.79. The van der Waals surface area contributed by atoms with E-state index >= 15 is 0 Å². The van der Waals surface area contributed by atoms with Crippen LogP contribution in [0, 0.1) is 0 Å². The smallest absolute Gasteiger partial charge is 0.253 e. The second-order valence-corrected chi connectivity index (χ2v) is 5.97. The molecular formula is C19H18ClN3O2. The fraction of sp³-hybridized carbons (Fsp3) is 0.158. The lowest BCUT2D eigenvalue weighted by Crippen LogP contribution is -2.22. The number of hydrogen-bond acceptors (Lipinski definition) is 4. The van der Waals surface area contributed by atoms with Crippen molar-refractivity contribution in [3.05, 3.63) is 83.0 Å². The number of benzene rings is 1. The van der Waals surface area contributed by atoms with Crippen molar-refractivity contribution in [2.24, 2.45) is 0 Å². The second kappa shape index (κ2) is 8.35. The van der Waals surface area contributed by atoms with Gasteiger partial charge in [-0.05, 0) is 42.3 Å². The fourth-order valence-corrected chi connectivity index (χ4v) is 2.60. The lowest BCUT2D eigenvalue weighted by molar-refractivity contribution is 0.0947.